The number of carboxylic acid groups (broad SMARTS) is 1. The van der Waals surface area contributed by atoms with E-state index in [2.05, 4.69) is 5.32 Å². The highest BCUT2D eigenvalue weighted by molar-refractivity contribution is 7.12. The average Bonchev–Trinajstić information content (AvgIpc) is 2.87. The van der Waals surface area contributed by atoms with Crippen LogP contribution in [0, 0.1) is 0 Å². The maximum Gasteiger partial charge on any atom is 0.307 e. The van der Waals surface area contributed by atoms with Crippen molar-refractivity contribution in [2.24, 2.45) is 0 Å². The summed E-state index contributed by atoms with van der Waals surface area (Å²) >= 11 is 1.29. The van der Waals surface area contributed by atoms with Crippen LogP contribution in [0.4, 0.5) is 5.69 Å². The summed E-state index contributed by atoms with van der Waals surface area (Å²) in [4.78, 5) is 23.2. The molecule has 2 N–H and O–H groups in total. The molecule has 1 aromatic heterocycles. The molecule has 1 aromatic carbocycles. The van der Waals surface area contributed by atoms with Crippen LogP contribution in [0.15, 0.2) is 35.7 Å². The Labute approximate surface area is 119 Å². The molecule has 0 unspecified atom stereocenters. The highest BCUT2D eigenvalue weighted by Gasteiger charge is 2.10. The Bertz CT molecular complexity index is 636. The van der Waals surface area contributed by atoms with E-state index in [-0.39, 0.29) is 12.3 Å². The summed E-state index contributed by atoms with van der Waals surface area (Å²) in [5.74, 6) is -0.512. The Hall–Kier alpha value is -2.34. The largest absolute Gasteiger partial charge is 0.496 e. The number of carboxylic acids is 1. The van der Waals surface area contributed by atoms with E-state index in [0.29, 0.717) is 21.9 Å². The van der Waals surface area contributed by atoms with Crippen molar-refractivity contribution in [1.29, 1.82) is 0 Å². The molecule has 0 aliphatic carbocycles. The molecule has 2 rings (SSSR count). The molecule has 0 saturated carbocycles. The summed E-state index contributed by atoms with van der Waals surface area (Å²) in [6.45, 7) is 0. The summed E-state index contributed by atoms with van der Waals surface area (Å²) < 4.78 is 5.02. The summed E-state index contributed by atoms with van der Waals surface area (Å²) in [6.07, 6.45) is -0.0729. The molecule has 5 nitrogen and oxygen atoms in total. The van der Waals surface area contributed by atoms with E-state index in [4.69, 9.17) is 9.84 Å². The zero-order valence-electron chi connectivity index (χ0n) is 10.8. The molecule has 0 spiro atoms. The minimum absolute atomic E-state index is 0.0729. The van der Waals surface area contributed by atoms with Crippen LogP contribution < -0.4 is 10.1 Å². The van der Waals surface area contributed by atoms with Crippen LogP contribution in [-0.2, 0) is 11.2 Å². The first kappa shape index (κ1) is 14.1. The minimum atomic E-state index is -0.906. The Kier molecular flexibility index (Phi) is 4.37. The monoisotopic (exact) mass is 291 g/mol. The second-order valence-corrected chi connectivity index (χ2v) is 4.99. The quantitative estimate of drug-likeness (QED) is 0.888. The maximum atomic E-state index is 12.0. The number of methoxy groups -OCH3 is 1. The van der Waals surface area contributed by atoms with E-state index in [9.17, 15) is 9.59 Å². The molecule has 0 bridgehead atoms. The topological polar surface area (TPSA) is 75.6 Å². The molecule has 6 heteroatoms. The molecular formula is C14H13NO4S. The molecule has 0 radical (unpaired) electrons. The molecule has 2 aromatic rings. The molecule has 0 fully saturated rings. The van der Waals surface area contributed by atoms with Gasteiger partial charge < -0.3 is 15.2 Å². The van der Waals surface area contributed by atoms with Crippen molar-refractivity contribution in [3.8, 4) is 5.75 Å². The average molecular weight is 291 g/mol. The number of carbonyl (C=O) groups is 2. The molecule has 104 valence electrons. The van der Waals surface area contributed by atoms with E-state index < -0.39 is 5.97 Å². The molecule has 20 heavy (non-hydrogen) atoms. The number of ether oxygens (including phenoxy) is 1. The lowest BCUT2D eigenvalue weighted by molar-refractivity contribution is -0.136. The van der Waals surface area contributed by atoms with Gasteiger partial charge in [-0.1, -0.05) is 12.1 Å². The van der Waals surface area contributed by atoms with Crippen LogP contribution in [0.2, 0.25) is 0 Å². The second-order valence-electron chi connectivity index (χ2n) is 4.08. The van der Waals surface area contributed by atoms with Gasteiger partial charge in [-0.3, -0.25) is 9.59 Å². The second kappa shape index (κ2) is 6.21. The Balaban J connectivity index is 2.09. The molecule has 0 aliphatic heterocycles. The van der Waals surface area contributed by atoms with Crippen LogP contribution in [-0.4, -0.2) is 24.1 Å². The van der Waals surface area contributed by atoms with Gasteiger partial charge in [-0.25, -0.2) is 0 Å². The third-order valence-electron chi connectivity index (χ3n) is 2.58. The zero-order chi connectivity index (χ0) is 14.5. The molecule has 0 aliphatic rings. The Morgan fingerprint density at radius 1 is 1.35 bits per heavy atom. The van der Waals surface area contributed by atoms with Gasteiger partial charge in [-0.15, -0.1) is 11.3 Å². The van der Waals surface area contributed by atoms with Crippen molar-refractivity contribution in [3.63, 3.8) is 0 Å². The van der Waals surface area contributed by atoms with Crippen molar-refractivity contribution in [2.75, 3.05) is 12.4 Å². The number of benzene rings is 1. The van der Waals surface area contributed by atoms with Gasteiger partial charge in [-0.2, -0.15) is 0 Å². The predicted molar refractivity (Wildman–Crippen MR) is 76.6 cm³/mol. The van der Waals surface area contributed by atoms with Gasteiger partial charge in [-0.05, 0) is 17.7 Å². The van der Waals surface area contributed by atoms with Gasteiger partial charge >= 0.3 is 5.97 Å². The van der Waals surface area contributed by atoms with Crippen molar-refractivity contribution < 1.29 is 19.4 Å². The van der Waals surface area contributed by atoms with E-state index in [1.807, 2.05) is 0 Å². The molecule has 0 atom stereocenters. The highest BCUT2D eigenvalue weighted by Crippen LogP contribution is 2.22. The minimum Gasteiger partial charge on any atom is -0.496 e. The number of thiophene rings is 1. The maximum absolute atomic E-state index is 12.0. The summed E-state index contributed by atoms with van der Waals surface area (Å²) in [5, 5.41) is 13.2. The van der Waals surface area contributed by atoms with Gasteiger partial charge in [0.25, 0.3) is 5.91 Å². The van der Waals surface area contributed by atoms with Gasteiger partial charge in [0, 0.05) is 17.1 Å². The van der Waals surface area contributed by atoms with Crippen molar-refractivity contribution >= 4 is 28.9 Å². The lowest BCUT2D eigenvalue weighted by Crippen LogP contribution is -2.10. The number of anilines is 1. The lowest BCUT2D eigenvalue weighted by atomic mass is 10.1. The van der Waals surface area contributed by atoms with Gasteiger partial charge in [0.15, 0.2) is 0 Å². The fourth-order valence-electron chi connectivity index (χ4n) is 1.67. The number of hydrogen-bond acceptors (Lipinski definition) is 4. The van der Waals surface area contributed by atoms with Crippen LogP contribution in [0.3, 0.4) is 0 Å². The van der Waals surface area contributed by atoms with Crippen LogP contribution in [0.1, 0.15) is 15.2 Å². The van der Waals surface area contributed by atoms with Crippen LogP contribution >= 0.6 is 11.3 Å². The summed E-state index contributed by atoms with van der Waals surface area (Å²) in [7, 11) is 1.54. The predicted octanol–water partition coefficient (Wildman–Crippen LogP) is 2.64. The Morgan fingerprint density at radius 3 is 2.80 bits per heavy atom. The number of aliphatic carboxylic acids is 1. The van der Waals surface area contributed by atoms with Crippen molar-refractivity contribution in [2.45, 2.75) is 6.42 Å². The number of hydrogen-bond donors (Lipinski definition) is 2. The van der Waals surface area contributed by atoms with Crippen LogP contribution in [0.25, 0.3) is 0 Å². The first-order valence-corrected chi connectivity index (χ1v) is 6.71. The van der Waals surface area contributed by atoms with Crippen molar-refractivity contribution in [1.82, 2.24) is 0 Å². The SMILES string of the molecule is COc1csc(C(=O)Nc2cccc(CC(=O)O)c2)c1. The molecule has 1 heterocycles. The lowest BCUT2D eigenvalue weighted by Gasteiger charge is -2.05. The Morgan fingerprint density at radius 2 is 2.15 bits per heavy atom. The fourth-order valence-corrected chi connectivity index (χ4v) is 2.42. The summed E-state index contributed by atoms with van der Waals surface area (Å²) in [6, 6.07) is 8.44. The van der Waals surface area contributed by atoms with E-state index in [1.165, 1.54) is 11.3 Å². The number of rotatable bonds is 5. The first-order valence-electron chi connectivity index (χ1n) is 5.83. The zero-order valence-corrected chi connectivity index (χ0v) is 11.6. The van der Waals surface area contributed by atoms with Gasteiger partial charge in [0.2, 0.25) is 0 Å². The summed E-state index contributed by atoms with van der Waals surface area (Å²) in [5.41, 5.74) is 1.21. The third kappa shape index (κ3) is 3.58. The van der Waals surface area contributed by atoms with Gasteiger partial charge in [0.1, 0.15) is 5.75 Å². The molecule has 0 saturated heterocycles. The van der Waals surface area contributed by atoms with E-state index >= 15 is 0 Å². The third-order valence-corrected chi connectivity index (χ3v) is 3.48. The standard InChI is InChI=1S/C14H13NO4S/c1-19-11-7-12(20-8-11)14(18)15-10-4-2-3-9(5-10)6-13(16)17/h2-5,7-8H,6H2,1H3,(H,15,18)(H,16,17). The number of carbonyl (C=O) groups excluding carboxylic acids is 1. The molecule has 1 amide bonds. The van der Waals surface area contributed by atoms with Crippen molar-refractivity contribution in [3.05, 3.63) is 46.2 Å². The van der Waals surface area contributed by atoms with E-state index in [1.54, 1.807) is 42.8 Å². The molecular weight excluding hydrogens is 278 g/mol. The highest BCUT2D eigenvalue weighted by atomic mass is 32.1. The fraction of sp³-hybridized carbons (Fsp3) is 0.143. The normalized spacial score (nSPS) is 10.1. The first-order chi connectivity index (χ1) is 9.58. The van der Waals surface area contributed by atoms with Gasteiger partial charge in [0.05, 0.1) is 18.4 Å². The van der Waals surface area contributed by atoms with Crippen LogP contribution in [0.5, 0.6) is 5.75 Å². The number of nitrogens with one attached hydrogen (secondary N) is 1. The smallest absolute Gasteiger partial charge is 0.307 e. The number of amides is 1. The van der Waals surface area contributed by atoms with E-state index in [0.717, 1.165) is 0 Å².